The van der Waals surface area contributed by atoms with Gasteiger partial charge in [0.15, 0.2) is 5.58 Å². The van der Waals surface area contributed by atoms with Crippen molar-refractivity contribution in [3.05, 3.63) is 34.3 Å². The van der Waals surface area contributed by atoms with Crippen molar-refractivity contribution in [2.45, 2.75) is 25.3 Å². The number of likely N-dealkylation sites (tertiary alicyclic amines) is 1. The third-order valence-electron chi connectivity index (χ3n) is 4.70. The van der Waals surface area contributed by atoms with Crippen molar-refractivity contribution in [3.8, 4) is 0 Å². The maximum Gasteiger partial charge on any atom is 0.419 e. The second-order valence-corrected chi connectivity index (χ2v) is 6.23. The van der Waals surface area contributed by atoms with Crippen molar-refractivity contribution in [2.24, 2.45) is 7.05 Å². The largest absolute Gasteiger partial charge is 0.419 e. The minimum atomic E-state index is -0.442. The van der Waals surface area contributed by atoms with Crippen molar-refractivity contribution in [1.29, 1.82) is 0 Å². The Hall–Kier alpha value is -2.12. The molecule has 2 aromatic rings. The molecule has 7 heteroatoms. The van der Waals surface area contributed by atoms with E-state index in [0.717, 1.165) is 32.4 Å². The quantitative estimate of drug-likeness (QED) is 0.841. The van der Waals surface area contributed by atoms with E-state index in [1.807, 2.05) is 0 Å². The molecule has 2 heterocycles. The average molecular weight is 333 g/mol. The maximum absolute atomic E-state index is 12.3. The number of nitrogens with zero attached hydrogens (tertiary/aromatic N) is 2. The molecule has 1 atom stereocenters. The normalized spacial score (nSPS) is 18.8. The molecule has 1 fully saturated rings. The summed E-state index contributed by atoms with van der Waals surface area (Å²) in [6.45, 7) is 2.38. The van der Waals surface area contributed by atoms with Gasteiger partial charge in [0, 0.05) is 31.7 Å². The van der Waals surface area contributed by atoms with E-state index in [-0.39, 0.29) is 18.6 Å². The fourth-order valence-corrected chi connectivity index (χ4v) is 3.24. The van der Waals surface area contributed by atoms with Crippen LogP contribution in [0.25, 0.3) is 11.1 Å². The third-order valence-corrected chi connectivity index (χ3v) is 4.70. The molecule has 130 valence electrons. The molecule has 1 aromatic heterocycles. The van der Waals surface area contributed by atoms with Gasteiger partial charge in [-0.25, -0.2) is 4.79 Å². The summed E-state index contributed by atoms with van der Waals surface area (Å²) in [7, 11) is 1.61. The Kier molecular flexibility index (Phi) is 5.01. The number of carbonyl (C=O) groups excluding carboxylic acids is 1. The molecule has 0 spiro atoms. The van der Waals surface area contributed by atoms with Crippen LogP contribution >= 0.6 is 0 Å². The number of aryl methyl sites for hydroxylation is 1. The van der Waals surface area contributed by atoms with Crippen molar-refractivity contribution in [3.63, 3.8) is 0 Å². The summed E-state index contributed by atoms with van der Waals surface area (Å²) in [4.78, 5) is 26.0. The molecule has 2 N–H and O–H groups in total. The molecule has 0 bridgehead atoms. The Morgan fingerprint density at radius 1 is 1.42 bits per heavy atom. The van der Waals surface area contributed by atoms with Crippen molar-refractivity contribution in [2.75, 3.05) is 26.2 Å². The zero-order valence-corrected chi connectivity index (χ0v) is 13.8. The van der Waals surface area contributed by atoms with Crippen LogP contribution in [0.1, 0.15) is 29.6 Å². The first kappa shape index (κ1) is 16.7. The molecule has 1 aromatic carbocycles. The highest BCUT2D eigenvalue weighted by molar-refractivity contribution is 5.97. The van der Waals surface area contributed by atoms with Crippen LogP contribution in [-0.2, 0) is 7.05 Å². The topological polar surface area (TPSA) is 87.7 Å². The van der Waals surface area contributed by atoms with Gasteiger partial charge in [-0.15, -0.1) is 0 Å². The van der Waals surface area contributed by atoms with Gasteiger partial charge in [-0.05, 0) is 37.6 Å². The number of fused-ring (bicyclic) bond motifs is 1. The van der Waals surface area contributed by atoms with E-state index in [1.165, 1.54) is 4.57 Å². The Morgan fingerprint density at radius 2 is 2.25 bits per heavy atom. The van der Waals surface area contributed by atoms with Crippen LogP contribution in [0.3, 0.4) is 0 Å². The molecule has 0 radical (unpaired) electrons. The van der Waals surface area contributed by atoms with E-state index in [4.69, 9.17) is 4.42 Å². The minimum Gasteiger partial charge on any atom is -0.408 e. The fraction of sp³-hybridized carbons (Fsp3) is 0.529. The number of nitrogens with one attached hydrogen (secondary N) is 1. The summed E-state index contributed by atoms with van der Waals surface area (Å²) >= 11 is 0. The van der Waals surface area contributed by atoms with E-state index in [2.05, 4.69) is 10.2 Å². The van der Waals surface area contributed by atoms with Crippen LogP contribution < -0.4 is 11.1 Å². The molecule has 1 amide bonds. The lowest BCUT2D eigenvalue weighted by Gasteiger charge is -2.34. The molecular weight excluding hydrogens is 310 g/mol. The van der Waals surface area contributed by atoms with Crippen molar-refractivity contribution in [1.82, 2.24) is 14.8 Å². The highest BCUT2D eigenvalue weighted by Crippen LogP contribution is 2.16. The number of hydrogen-bond donors (Lipinski definition) is 2. The van der Waals surface area contributed by atoms with Gasteiger partial charge < -0.3 is 14.8 Å². The summed E-state index contributed by atoms with van der Waals surface area (Å²) in [5, 5.41) is 12.3. The van der Waals surface area contributed by atoms with E-state index in [1.54, 1.807) is 25.2 Å². The molecule has 3 rings (SSSR count). The second-order valence-electron chi connectivity index (χ2n) is 6.23. The van der Waals surface area contributed by atoms with E-state index >= 15 is 0 Å². The number of benzene rings is 1. The number of carbonyl (C=O) groups is 1. The van der Waals surface area contributed by atoms with Gasteiger partial charge in [-0.1, -0.05) is 6.42 Å². The first-order valence-electron chi connectivity index (χ1n) is 8.33. The number of aliphatic hydroxyl groups excluding tert-OH is 1. The van der Waals surface area contributed by atoms with Crippen LogP contribution in [0.4, 0.5) is 0 Å². The van der Waals surface area contributed by atoms with E-state index in [9.17, 15) is 14.7 Å². The number of oxazole rings is 1. The summed E-state index contributed by atoms with van der Waals surface area (Å²) < 4.78 is 6.44. The molecule has 24 heavy (non-hydrogen) atoms. The lowest BCUT2D eigenvalue weighted by atomic mass is 10.0. The minimum absolute atomic E-state index is 0.166. The van der Waals surface area contributed by atoms with Gasteiger partial charge in [0.1, 0.15) is 0 Å². The van der Waals surface area contributed by atoms with Crippen LogP contribution in [0.5, 0.6) is 0 Å². The lowest BCUT2D eigenvalue weighted by molar-refractivity contribution is 0.0849. The van der Waals surface area contributed by atoms with Crippen LogP contribution in [0.2, 0.25) is 0 Å². The standard InChI is InChI=1S/C17H23N3O4/c1-19-14-10-12(5-6-15(14)24-17(19)23)16(22)18-7-9-20-8-3-2-4-13(20)11-21/h5-6,10,13,21H,2-4,7-9,11H2,1H3,(H,18,22)/t13-/m0/s1. The number of amides is 1. The third kappa shape index (κ3) is 3.37. The predicted molar refractivity (Wildman–Crippen MR) is 90.1 cm³/mol. The fourth-order valence-electron chi connectivity index (χ4n) is 3.24. The Bertz CT molecular complexity index is 780. The smallest absolute Gasteiger partial charge is 0.408 e. The van der Waals surface area contributed by atoms with Crippen molar-refractivity contribution >= 4 is 17.0 Å². The van der Waals surface area contributed by atoms with Crippen LogP contribution in [0, 0.1) is 0 Å². The monoisotopic (exact) mass is 333 g/mol. The molecule has 1 aliphatic heterocycles. The summed E-state index contributed by atoms with van der Waals surface area (Å²) in [6, 6.07) is 5.15. The van der Waals surface area contributed by atoms with Gasteiger partial charge in [-0.2, -0.15) is 0 Å². The molecule has 1 aliphatic rings. The van der Waals surface area contributed by atoms with Crippen LogP contribution in [-0.4, -0.2) is 52.8 Å². The maximum atomic E-state index is 12.3. The first-order chi connectivity index (χ1) is 11.6. The van der Waals surface area contributed by atoms with E-state index < -0.39 is 5.76 Å². The van der Waals surface area contributed by atoms with Gasteiger partial charge in [0.05, 0.1) is 12.1 Å². The van der Waals surface area contributed by atoms with Gasteiger partial charge in [-0.3, -0.25) is 14.3 Å². The predicted octanol–water partition coefficient (Wildman–Crippen LogP) is 0.708. The summed E-state index contributed by atoms with van der Waals surface area (Å²) in [6.07, 6.45) is 3.29. The molecule has 1 saturated heterocycles. The van der Waals surface area contributed by atoms with Crippen molar-refractivity contribution < 1.29 is 14.3 Å². The molecule has 0 saturated carbocycles. The Labute approximate surface area is 139 Å². The van der Waals surface area contributed by atoms with E-state index in [0.29, 0.717) is 23.2 Å². The number of hydrogen-bond acceptors (Lipinski definition) is 5. The zero-order chi connectivity index (χ0) is 17.1. The molecule has 7 nitrogen and oxygen atoms in total. The highest BCUT2D eigenvalue weighted by atomic mass is 16.4. The molecule has 0 aliphatic carbocycles. The number of rotatable bonds is 5. The highest BCUT2D eigenvalue weighted by Gasteiger charge is 2.21. The lowest BCUT2D eigenvalue weighted by Crippen LogP contribution is -2.45. The number of aromatic nitrogens is 1. The zero-order valence-electron chi connectivity index (χ0n) is 13.8. The summed E-state index contributed by atoms with van der Waals surface area (Å²) in [5.41, 5.74) is 1.57. The first-order valence-corrected chi connectivity index (χ1v) is 8.33. The molecular formula is C17H23N3O4. The van der Waals surface area contributed by atoms with Crippen LogP contribution in [0.15, 0.2) is 27.4 Å². The molecule has 0 unspecified atom stereocenters. The Morgan fingerprint density at radius 3 is 3.04 bits per heavy atom. The Balaban J connectivity index is 1.60. The number of aliphatic hydroxyl groups is 1. The summed E-state index contributed by atoms with van der Waals surface area (Å²) in [5.74, 6) is -0.620. The van der Waals surface area contributed by atoms with Gasteiger partial charge >= 0.3 is 5.76 Å². The van der Waals surface area contributed by atoms with Gasteiger partial charge in [0.25, 0.3) is 5.91 Å². The SMILES string of the molecule is Cn1c(=O)oc2ccc(C(=O)NCCN3CCCC[C@H]3CO)cc21. The average Bonchev–Trinajstić information content (AvgIpc) is 2.89. The second kappa shape index (κ2) is 7.19. The number of piperidine rings is 1. The van der Waals surface area contributed by atoms with Gasteiger partial charge in [0.2, 0.25) is 0 Å².